The fourth-order valence-electron chi connectivity index (χ4n) is 0.0722. The fourth-order valence-corrected chi connectivity index (χ4v) is 0.0722. The molecule has 0 heterocycles. The minimum absolute atomic E-state index is 0.281. The van der Waals surface area contributed by atoms with Gasteiger partial charge in [0, 0.05) is 0 Å². The summed E-state index contributed by atoms with van der Waals surface area (Å²) in [6.45, 7) is -0.281. The molecular formula is C3H6Cl2CuNO2-. The van der Waals surface area contributed by atoms with E-state index in [9.17, 15) is 4.79 Å². The molecule has 0 aliphatic heterocycles. The summed E-state index contributed by atoms with van der Waals surface area (Å²) in [4.78, 5) is 9.77. The Bertz CT molecular complexity index is 66.8. The number of carbonyl (C=O) groups excluding carboxylic acids is 1. The zero-order valence-corrected chi connectivity index (χ0v) is 7.03. The molecule has 0 atom stereocenters. The van der Waals surface area contributed by atoms with E-state index in [4.69, 9.17) is 5.73 Å². The van der Waals surface area contributed by atoms with Crippen LogP contribution in [0.3, 0.4) is 0 Å². The van der Waals surface area contributed by atoms with Crippen LogP contribution >= 0.6 is 20.2 Å². The van der Waals surface area contributed by atoms with Crippen LogP contribution in [-0.4, -0.2) is 19.6 Å². The topological polar surface area (TPSA) is 50.1 Å². The molecule has 0 aromatic heterocycles. The predicted molar refractivity (Wildman–Crippen MR) is 32.9 cm³/mol. The number of hydrogen-bond donors (Lipinski definition) is 0. The fraction of sp³-hybridized carbons (Fsp3) is 0.667. The number of halogens is 2. The van der Waals surface area contributed by atoms with Gasteiger partial charge in [-0.05, 0) is 6.54 Å². The van der Waals surface area contributed by atoms with E-state index in [1.54, 1.807) is 0 Å². The molecule has 0 saturated carbocycles. The Morgan fingerprint density at radius 2 is 2.11 bits per heavy atom. The summed E-state index contributed by atoms with van der Waals surface area (Å²) in [6, 6.07) is 0. The maximum atomic E-state index is 9.77. The molecule has 3 nitrogen and oxygen atoms in total. The van der Waals surface area contributed by atoms with Crippen molar-refractivity contribution in [2.24, 2.45) is 0 Å². The maximum absolute atomic E-state index is 9.77. The molecule has 0 fully saturated rings. The van der Waals surface area contributed by atoms with E-state index in [0.29, 0.717) is 0 Å². The number of carbonyl (C=O) groups is 1. The molecule has 0 spiro atoms. The zero-order chi connectivity index (χ0) is 7.70. The van der Waals surface area contributed by atoms with Gasteiger partial charge in [0.1, 0.15) is 0 Å². The molecule has 0 aromatic rings. The van der Waals surface area contributed by atoms with Crippen molar-refractivity contribution in [2.75, 3.05) is 13.7 Å². The van der Waals surface area contributed by atoms with Gasteiger partial charge in [-0.25, -0.2) is 0 Å². The average Bonchev–Trinajstić information content (AvgIpc) is 1.88. The molecule has 0 aliphatic carbocycles. The Labute approximate surface area is 68.4 Å². The van der Waals surface area contributed by atoms with Gasteiger partial charge in [-0.15, -0.1) is 0 Å². The van der Waals surface area contributed by atoms with Gasteiger partial charge in [0.2, 0.25) is 0 Å². The van der Waals surface area contributed by atoms with Crippen LogP contribution in [0.5, 0.6) is 0 Å². The second-order valence-electron chi connectivity index (χ2n) is 0.796. The van der Waals surface area contributed by atoms with Gasteiger partial charge in [0.05, 0.1) is 7.11 Å². The second-order valence-corrected chi connectivity index (χ2v) is 2.35. The number of esters is 1. The third-order valence-corrected chi connectivity index (χ3v) is 0.372. The second kappa shape index (κ2) is 11.3. The van der Waals surface area contributed by atoms with Gasteiger partial charge in [0.25, 0.3) is 5.97 Å². The summed E-state index contributed by atoms with van der Waals surface area (Å²) in [5, 5.41) is 0. The van der Waals surface area contributed by atoms with Gasteiger partial charge in [-0.2, -0.15) is 0 Å². The van der Waals surface area contributed by atoms with Crippen LogP contribution in [0, 0.1) is 0 Å². The Morgan fingerprint density at radius 3 is 2.11 bits per heavy atom. The van der Waals surface area contributed by atoms with Gasteiger partial charge in [-0.3, -0.25) is 4.79 Å². The summed E-state index contributed by atoms with van der Waals surface area (Å²) in [5.74, 6) is -0.491. The standard InChI is InChI=1S/C3H6NO2.2ClH.Cu/c1-6-3(5)2-4;;;/h4H,2H2,1H3;2*1H;/q-1;;;+2/p-2. The minimum atomic E-state index is -0.491. The summed E-state index contributed by atoms with van der Waals surface area (Å²) < 4.78 is 4.07. The number of methoxy groups -OCH3 is 1. The van der Waals surface area contributed by atoms with Crippen LogP contribution in [-0.2, 0) is 22.7 Å². The Hall–Kier alpha value is 0.529. The Kier molecular flexibility index (Phi) is 15.4. The zero-order valence-electron chi connectivity index (χ0n) is 4.58. The summed E-state index contributed by atoms with van der Waals surface area (Å²) in [6.07, 6.45) is 0. The first-order valence-corrected chi connectivity index (χ1v) is 4.34. The first kappa shape index (κ1) is 12.2. The van der Waals surface area contributed by atoms with Crippen molar-refractivity contribution in [1.29, 1.82) is 0 Å². The van der Waals surface area contributed by atoms with Crippen molar-refractivity contribution < 1.29 is 22.7 Å². The van der Waals surface area contributed by atoms with Crippen molar-refractivity contribution in [3.05, 3.63) is 5.73 Å². The van der Waals surface area contributed by atoms with Crippen LogP contribution < -0.4 is 0 Å². The number of hydrogen-bond acceptors (Lipinski definition) is 2. The van der Waals surface area contributed by atoms with Crippen molar-refractivity contribution in [2.45, 2.75) is 0 Å². The van der Waals surface area contributed by atoms with Crippen molar-refractivity contribution in [1.82, 2.24) is 0 Å². The van der Waals surface area contributed by atoms with Crippen LogP contribution in [0.15, 0.2) is 0 Å². The van der Waals surface area contributed by atoms with Gasteiger partial charge in [-0.1, -0.05) is 0 Å². The summed E-state index contributed by atoms with van der Waals surface area (Å²) in [7, 11) is 10.6. The molecule has 61 valence electrons. The number of nitrogens with one attached hydrogen (secondary N) is 1. The third-order valence-electron chi connectivity index (χ3n) is 0.372. The van der Waals surface area contributed by atoms with Crippen LogP contribution in [0.2, 0.25) is 0 Å². The quantitative estimate of drug-likeness (QED) is 0.500. The molecule has 0 amide bonds. The molecule has 0 aliphatic rings. The van der Waals surface area contributed by atoms with E-state index < -0.39 is 5.97 Å². The monoisotopic (exact) mass is 221 g/mol. The van der Waals surface area contributed by atoms with Crippen LogP contribution in [0.4, 0.5) is 0 Å². The number of ether oxygens (including phenoxy) is 1. The molecule has 0 rings (SSSR count). The van der Waals surface area contributed by atoms with E-state index >= 15 is 0 Å². The van der Waals surface area contributed by atoms with E-state index in [1.807, 2.05) is 0 Å². The Balaban J connectivity index is 0. The molecule has 0 aromatic carbocycles. The molecular weight excluding hydrogens is 216 g/mol. The van der Waals surface area contributed by atoms with Gasteiger partial charge in [0.15, 0.2) is 0 Å². The van der Waals surface area contributed by atoms with Crippen molar-refractivity contribution in [3.63, 3.8) is 0 Å². The average molecular weight is 223 g/mol. The van der Waals surface area contributed by atoms with Crippen molar-refractivity contribution in [3.8, 4) is 0 Å². The molecule has 0 saturated heterocycles. The molecule has 1 N–H and O–H groups in total. The Morgan fingerprint density at radius 1 is 1.78 bits per heavy atom. The normalized spacial score (nSPS) is 7.56. The van der Waals surface area contributed by atoms with E-state index in [2.05, 4.69) is 24.9 Å². The molecule has 0 unspecified atom stereocenters. The van der Waals surface area contributed by atoms with Gasteiger partial charge >= 0.3 is 33.3 Å². The summed E-state index contributed by atoms with van der Waals surface area (Å²) >= 11 is 0.757. The SMILES string of the molecule is COC(=O)C[NH-].[Cl][Cu][Cl]. The first-order chi connectivity index (χ1) is 4.22. The third kappa shape index (κ3) is 17.7. The van der Waals surface area contributed by atoms with E-state index in [1.165, 1.54) is 7.11 Å². The van der Waals surface area contributed by atoms with Crippen LogP contribution in [0.25, 0.3) is 5.73 Å². The molecule has 6 heteroatoms. The number of rotatable bonds is 1. The van der Waals surface area contributed by atoms with Gasteiger partial charge < -0.3 is 10.5 Å². The molecule has 0 radical (unpaired) electrons. The predicted octanol–water partition coefficient (Wildman–Crippen LogP) is 1.59. The molecule has 0 bridgehead atoms. The summed E-state index contributed by atoms with van der Waals surface area (Å²) in [5.41, 5.74) is 6.33. The van der Waals surface area contributed by atoms with Crippen molar-refractivity contribution >= 4 is 26.2 Å². The van der Waals surface area contributed by atoms with E-state index in [0.717, 1.165) is 13.1 Å². The van der Waals surface area contributed by atoms with Crippen LogP contribution in [0.1, 0.15) is 0 Å². The van der Waals surface area contributed by atoms with E-state index in [-0.39, 0.29) is 6.54 Å². The molecule has 9 heavy (non-hydrogen) atoms. The first-order valence-electron chi connectivity index (χ1n) is 1.75.